The smallest absolute Gasteiger partial charge is 0.156 e. The van der Waals surface area contributed by atoms with E-state index in [-0.39, 0.29) is 0 Å². The van der Waals surface area contributed by atoms with E-state index in [0.29, 0.717) is 29.5 Å². The highest BCUT2D eigenvalue weighted by Gasteiger charge is 2.55. The lowest BCUT2D eigenvalue weighted by molar-refractivity contribution is -0.114. The Morgan fingerprint density at radius 3 is 2.65 bits per heavy atom. The molecule has 2 fully saturated rings. The van der Waals surface area contributed by atoms with Crippen molar-refractivity contribution in [3.8, 4) is 11.8 Å². The molecule has 2 saturated carbocycles. The molecule has 34 heavy (non-hydrogen) atoms. The Morgan fingerprint density at radius 2 is 1.88 bits per heavy atom. The van der Waals surface area contributed by atoms with Crippen LogP contribution in [-0.4, -0.2) is 37.1 Å². The summed E-state index contributed by atoms with van der Waals surface area (Å²) in [5.74, 6) is 10.4. The molecule has 0 bridgehead atoms. The highest BCUT2D eigenvalue weighted by molar-refractivity contribution is 7.99. The van der Waals surface area contributed by atoms with Crippen LogP contribution in [-0.2, 0) is 11.2 Å². The first-order chi connectivity index (χ1) is 16.5. The van der Waals surface area contributed by atoms with Gasteiger partial charge in [-0.1, -0.05) is 23.6 Å². The van der Waals surface area contributed by atoms with Crippen molar-refractivity contribution in [3.63, 3.8) is 0 Å². The molecule has 0 aliphatic heterocycles. The van der Waals surface area contributed by atoms with Crippen LogP contribution in [0, 0.1) is 35.0 Å². The number of thioether (sulfide) groups is 1. The first-order valence-corrected chi connectivity index (χ1v) is 14.2. The minimum absolute atomic E-state index is 0.309. The van der Waals surface area contributed by atoms with Crippen molar-refractivity contribution in [1.82, 2.24) is 4.90 Å². The van der Waals surface area contributed by atoms with Gasteiger partial charge in [0.2, 0.25) is 0 Å². The molecule has 0 saturated heterocycles. The van der Waals surface area contributed by atoms with E-state index in [1.54, 1.807) is 11.1 Å². The molecule has 180 valence electrons. The van der Waals surface area contributed by atoms with Gasteiger partial charge in [-0.05, 0) is 125 Å². The number of benzene rings is 1. The normalized spacial score (nSPS) is 30.3. The predicted octanol–water partition coefficient (Wildman–Crippen LogP) is 6.71. The van der Waals surface area contributed by atoms with Gasteiger partial charge < -0.3 is 4.90 Å². The molecule has 0 spiro atoms. The number of carbonyl (C=O) groups is 1. The molecule has 1 aromatic carbocycles. The Morgan fingerprint density at radius 1 is 1.06 bits per heavy atom. The molecule has 0 radical (unpaired) electrons. The van der Waals surface area contributed by atoms with E-state index in [0.717, 1.165) is 31.1 Å². The summed E-state index contributed by atoms with van der Waals surface area (Å²) in [5, 5.41) is 0. The minimum atomic E-state index is 0.309. The molecule has 5 rings (SSSR count). The Hall–Kier alpha value is -1.76. The summed E-state index contributed by atoms with van der Waals surface area (Å²) < 4.78 is 0. The number of fused-ring (bicyclic) bond motifs is 4. The molecule has 0 aromatic heterocycles. The molecule has 0 heterocycles. The Bertz CT molecular complexity index is 1050. The lowest BCUT2D eigenvalue weighted by Crippen LogP contribution is -2.43. The van der Waals surface area contributed by atoms with Gasteiger partial charge in [0.25, 0.3) is 0 Å². The lowest BCUT2D eigenvalue weighted by atomic mass is 9.54. The van der Waals surface area contributed by atoms with E-state index in [1.165, 1.54) is 54.6 Å². The van der Waals surface area contributed by atoms with Gasteiger partial charge in [-0.3, -0.25) is 4.79 Å². The van der Waals surface area contributed by atoms with Crippen LogP contribution in [0.25, 0.3) is 0 Å². The van der Waals surface area contributed by atoms with E-state index >= 15 is 0 Å². The quantitative estimate of drug-likeness (QED) is 0.338. The van der Waals surface area contributed by atoms with E-state index < -0.39 is 0 Å². The predicted molar refractivity (Wildman–Crippen MR) is 143 cm³/mol. The maximum atomic E-state index is 12.0. The largest absolute Gasteiger partial charge is 0.309 e. The van der Waals surface area contributed by atoms with Gasteiger partial charge in [0.15, 0.2) is 5.78 Å². The molecule has 2 nitrogen and oxygen atoms in total. The molecular formula is C31H39NOS. The van der Waals surface area contributed by atoms with Crippen LogP contribution >= 0.6 is 11.8 Å². The van der Waals surface area contributed by atoms with Gasteiger partial charge in [-0.25, -0.2) is 0 Å². The molecule has 4 atom stereocenters. The molecule has 0 unspecified atom stereocenters. The summed E-state index contributed by atoms with van der Waals surface area (Å²) in [4.78, 5) is 15.7. The number of hydrogen-bond acceptors (Lipinski definition) is 3. The van der Waals surface area contributed by atoms with Gasteiger partial charge in [-0.2, -0.15) is 0 Å². The Balaban J connectivity index is 1.40. The fourth-order valence-electron chi connectivity index (χ4n) is 7.51. The molecule has 1 aromatic rings. The third-order valence-corrected chi connectivity index (χ3v) is 10.0. The summed E-state index contributed by atoms with van der Waals surface area (Å²) >= 11 is 1.96. The van der Waals surface area contributed by atoms with Crippen molar-refractivity contribution in [2.45, 2.75) is 69.6 Å². The van der Waals surface area contributed by atoms with Crippen molar-refractivity contribution >= 4 is 17.5 Å². The number of carbonyl (C=O) groups excluding carboxylic acids is 1. The fraction of sp³-hybridized carbons (Fsp3) is 0.581. The van der Waals surface area contributed by atoms with Gasteiger partial charge >= 0.3 is 0 Å². The lowest BCUT2D eigenvalue weighted by Gasteiger charge is -2.50. The second-order valence-electron chi connectivity index (χ2n) is 11.1. The van der Waals surface area contributed by atoms with E-state index in [4.69, 9.17) is 0 Å². The van der Waals surface area contributed by atoms with Crippen molar-refractivity contribution < 1.29 is 4.79 Å². The number of allylic oxidation sites excluding steroid dienone is 4. The van der Waals surface area contributed by atoms with Crippen molar-refractivity contribution in [2.24, 2.45) is 23.2 Å². The minimum Gasteiger partial charge on any atom is -0.309 e. The van der Waals surface area contributed by atoms with Crippen LogP contribution in [0.5, 0.6) is 0 Å². The Kier molecular flexibility index (Phi) is 7.10. The third kappa shape index (κ3) is 4.57. The van der Waals surface area contributed by atoms with Gasteiger partial charge in [-0.15, -0.1) is 17.7 Å². The monoisotopic (exact) mass is 473 g/mol. The van der Waals surface area contributed by atoms with Gasteiger partial charge in [0.1, 0.15) is 0 Å². The zero-order valence-electron chi connectivity index (χ0n) is 21.2. The molecular weight excluding hydrogens is 434 g/mol. The van der Waals surface area contributed by atoms with Crippen LogP contribution in [0.4, 0.5) is 0 Å². The molecule has 0 N–H and O–H groups in total. The van der Waals surface area contributed by atoms with E-state index in [1.807, 2.05) is 24.8 Å². The average Bonchev–Trinajstić information content (AvgIpc) is 3.18. The average molecular weight is 474 g/mol. The summed E-state index contributed by atoms with van der Waals surface area (Å²) in [6, 6.07) is 9.45. The standard InChI is InChI=1S/C31H39NOS/c1-4-5-24-9-15-30-29-13-8-23-20-25(33)10-14-27(23)28(29)16-17-31(24,30)21-22-6-11-26(12-7-22)34-19-18-32(2)3/h6-7,11-12,20,24,29-30H,8-10,13-19,21H2,1-3H3/t24-,29-,30+,31+/m1/s1. The highest BCUT2D eigenvalue weighted by atomic mass is 32.2. The molecule has 3 heteroatoms. The van der Waals surface area contributed by atoms with E-state index in [9.17, 15) is 4.79 Å². The highest BCUT2D eigenvalue weighted by Crippen LogP contribution is 2.63. The zero-order valence-corrected chi connectivity index (χ0v) is 22.0. The topological polar surface area (TPSA) is 20.3 Å². The zero-order chi connectivity index (χ0) is 23.7. The number of hydrogen-bond donors (Lipinski definition) is 0. The summed E-state index contributed by atoms with van der Waals surface area (Å²) in [7, 11) is 4.28. The number of ketones is 1. The second-order valence-corrected chi connectivity index (χ2v) is 12.3. The van der Waals surface area contributed by atoms with Crippen LogP contribution in [0.3, 0.4) is 0 Å². The summed E-state index contributed by atoms with van der Waals surface area (Å²) in [6.45, 7) is 3.13. The number of nitrogens with zero attached hydrogens (tertiary/aromatic N) is 1. The second kappa shape index (κ2) is 10.1. The first kappa shape index (κ1) is 24.0. The van der Waals surface area contributed by atoms with Crippen molar-refractivity contribution in [1.29, 1.82) is 0 Å². The van der Waals surface area contributed by atoms with Crippen LogP contribution in [0.2, 0.25) is 0 Å². The maximum absolute atomic E-state index is 12.0. The molecule has 4 aliphatic rings. The SMILES string of the molecule is CC#C[C@@H]1CC[C@H]2[C@@H]3CCC4=CC(=O)CCC4=C3CC[C@]12Cc1ccc(SCCN(C)C)cc1. The fourth-order valence-corrected chi connectivity index (χ4v) is 8.53. The van der Waals surface area contributed by atoms with Crippen LogP contribution < -0.4 is 0 Å². The molecule has 4 aliphatic carbocycles. The maximum Gasteiger partial charge on any atom is 0.156 e. The summed E-state index contributed by atoms with van der Waals surface area (Å²) in [5.41, 5.74) is 6.47. The third-order valence-electron chi connectivity index (χ3n) is 9.03. The number of rotatable bonds is 6. The van der Waals surface area contributed by atoms with Crippen LogP contribution in [0.1, 0.15) is 63.9 Å². The molecule has 0 amide bonds. The van der Waals surface area contributed by atoms with Crippen LogP contribution in [0.15, 0.2) is 52.0 Å². The van der Waals surface area contributed by atoms with E-state index in [2.05, 4.69) is 55.1 Å². The van der Waals surface area contributed by atoms with Gasteiger partial charge in [0.05, 0.1) is 0 Å². The first-order valence-electron chi connectivity index (χ1n) is 13.2. The van der Waals surface area contributed by atoms with Crippen molar-refractivity contribution in [3.05, 3.63) is 52.6 Å². The Labute approximate surface area is 210 Å². The van der Waals surface area contributed by atoms with Gasteiger partial charge in [0, 0.05) is 29.5 Å². The summed E-state index contributed by atoms with van der Waals surface area (Å²) in [6.07, 6.45) is 12.2. The van der Waals surface area contributed by atoms with Crippen molar-refractivity contribution in [2.75, 3.05) is 26.4 Å².